The van der Waals surface area contributed by atoms with Crippen molar-refractivity contribution in [3.63, 3.8) is 0 Å². The predicted octanol–water partition coefficient (Wildman–Crippen LogP) is -0.515. The molecule has 0 amide bonds. The zero-order valence-corrected chi connectivity index (χ0v) is 5.76. The summed E-state index contributed by atoms with van der Waals surface area (Å²) in [5.41, 5.74) is 0. The van der Waals surface area contributed by atoms with E-state index in [0.29, 0.717) is 0 Å². The predicted molar refractivity (Wildman–Crippen MR) is 33.2 cm³/mol. The van der Waals surface area contributed by atoms with Crippen LogP contribution in [0.2, 0.25) is 0 Å². The van der Waals surface area contributed by atoms with E-state index in [4.69, 9.17) is 0 Å². The lowest BCUT2D eigenvalue weighted by Crippen LogP contribution is -2.23. The maximum absolute atomic E-state index is 10.1. The van der Waals surface area contributed by atoms with E-state index in [9.17, 15) is 8.76 Å². The molecule has 0 aromatic carbocycles. The first kappa shape index (κ1) is 6.54. The first-order valence-electron chi connectivity index (χ1n) is 2.24. The van der Waals surface area contributed by atoms with Gasteiger partial charge in [-0.25, -0.2) is 0 Å². The Hall–Kier alpha value is 0.420. The Morgan fingerprint density at radius 3 is 2.88 bits per heavy atom. The zero-order chi connectivity index (χ0) is 5.98. The van der Waals surface area contributed by atoms with Crippen molar-refractivity contribution in [3.8, 4) is 0 Å². The van der Waals surface area contributed by atoms with Crippen molar-refractivity contribution >= 4 is 22.8 Å². The molecule has 0 aromatic rings. The Morgan fingerprint density at radius 1 is 1.88 bits per heavy atom. The normalized spacial score (nSPS) is 32.9. The lowest BCUT2D eigenvalue weighted by molar-refractivity contribution is 0.528. The largest absolute Gasteiger partial charge is 0.770 e. The Labute approximate surface area is 54.5 Å². The van der Waals surface area contributed by atoms with Crippen molar-refractivity contribution in [2.24, 2.45) is 0 Å². The topological polar surface area (TPSA) is 52.2 Å². The minimum atomic E-state index is -1.94. The van der Waals surface area contributed by atoms with Crippen LogP contribution in [0.1, 0.15) is 0 Å². The summed E-state index contributed by atoms with van der Waals surface area (Å²) in [6, 6.07) is 0. The highest BCUT2D eigenvalue weighted by Crippen LogP contribution is 2.14. The van der Waals surface area contributed by atoms with Crippen LogP contribution in [0.5, 0.6) is 0 Å². The average molecular weight is 152 g/mol. The third kappa shape index (κ3) is 1.45. The first-order chi connectivity index (χ1) is 3.80. The van der Waals surface area contributed by atoms with Crippen LogP contribution in [0.3, 0.4) is 0 Å². The molecule has 0 spiro atoms. The second kappa shape index (κ2) is 2.82. The summed E-state index contributed by atoms with van der Waals surface area (Å²) in [4.78, 5) is 0. The van der Waals surface area contributed by atoms with E-state index in [-0.39, 0.29) is 4.71 Å². The van der Waals surface area contributed by atoms with Crippen LogP contribution >= 0.6 is 11.8 Å². The molecule has 1 rings (SSSR count). The van der Waals surface area contributed by atoms with E-state index in [1.807, 2.05) is 0 Å². The summed E-state index contributed by atoms with van der Waals surface area (Å²) in [5.74, 6) is 0.901. The van der Waals surface area contributed by atoms with Crippen molar-refractivity contribution < 1.29 is 8.76 Å². The van der Waals surface area contributed by atoms with Crippen LogP contribution < -0.4 is 5.32 Å². The number of nitrogens with one attached hydrogen (secondary N) is 1. The molecular weight excluding hydrogens is 146 g/mol. The van der Waals surface area contributed by atoms with Crippen molar-refractivity contribution in [2.45, 2.75) is 4.71 Å². The van der Waals surface area contributed by atoms with Gasteiger partial charge in [-0.3, -0.25) is 9.53 Å². The van der Waals surface area contributed by atoms with Crippen molar-refractivity contribution in [2.75, 3.05) is 12.3 Å². The SMILES string of the molecule is O=S([O-])C1NCCS1. The Kier molecular flexibility index (Phi) is 2.30. The van der Waals surface area contributed by atoms with Gasteiger partial charge in [0.05, 0.1) is 0 Å². The molecule has 1 fully saturated rings. The van der Waals surface area contributed by atoms with Gasteiger partial charge >= 0.3 is 0 Å². The monoisotopic (exact) mass is 152 g/mol. The summed E-state index contributed by atoms with van der Waals surface area (Å²) >= 11 is -0.512. The number of hydrogen-bond acceptors (Lipinski definition) is 4. The van der Waals surface area contributed by atoms with E-state index in [1.54, 1.807) is 0 Å². The molecule has 0 aromatic heterocycles. The maximum atomic E-state index is 10.1. The maximum Gasteiger partial charge on any atom is 0.117 e. The van der Waals surface area contributed by atoms with Gasteiger partial charge < -0.3 is 4.55 Å². The van der Waals surface area contributed by atoms with Crippen LogP contribution in [-0.2, 0) is 11.1 Å². The molecule has 48 valence electrons. The molecular formula is C3H6NO2S2-. The summed E-state index contributed by atoms with van der Waals surface area (Å²) in [5, 5.41) is 2.81. The molecule has 0 radical (unpaired) electrons. The highest BCUT2D eigenvalue weighted by molar-refractivity contribution is 8.10. The molecule has 8 heavy (non-hydrogen) atoms. The fourth-order valence-electron chi connectivity index (χ4n) is 0.525. The standard InChI is InChI=1S/C3H7NO2S2/c5-8(6)3-4-1-2-7-3/h3-4H,1-2H2,(H,5,6)/p-1. The van der Waals surface area contributed by atoms with Gasteiger partial charge in [-0.05, 0) is 11.1 Å². The zero-order valence-electron chi connectivity index (χ0n) is 4.12. The van der Waals surface area contributed by atoms with E-state index in [2.05, 4.69) is 5.32 Å². The second-order valence-electron chi connectivity index (χ2n) is 1.42. The first-order valence-corrected chi connectivity index (χ1v) is 4.42. The van der Waals surface area contributed by atoms with Gasteiger partial charge in [0, 0.05) is 12.3 Å². The fourth-order valence-corrected chi connectivity index (χ4v) is 2.20. The summed E-state index contributed by atoms with van der Waals surface area (Å²) in [7, 11) is 0. The highest BCUT2D eigenvalue weighted by atomic mass is 32.2. The Balaban J connectivity index is 2.35. The van der Waals surface area contributed by atoms with Crippen LogP contribution in [0.25, 0.3) is 0 Å². The van der Waals surface area contributed by atoms with Crippen molar-refractivity contribution in [1.29, 1.82) is 0 Å². The van der Waals surface area contributed by atoms with E-state index in [0.717, 1.165) is 12.3 Å². The minimum Gasteiger partial charge on any atom is -0.770 e. The molecule has 0 saturated carbocycles. The number of thioether (sulfide) groups is 1. The molecule has 3 nitrogen and oxygen atoms in total. The van der Waals surface area contributed by atoms with E-state index in [1.165, 1.54) is 11.8 Å². The van der Waals surface area contributed by atoms with Crippen LogP contribution in [0.4, 0.5) is 0 Å². The Morgan fingerprint density at radius 2 is 2.62 bits per heavy atom. The molecule has 1 N–H and O–H groups in total. The Bertz CT molecular complexity index is 101. The van der Waals surface area contributed by atoms with Gasteiger partial charge in [0.15, 0.2) is 0 Å². The number of hydrogen-bond donors (Lipinski definition) is 1. The molecule has 5 heteroatoms. The molecule has 0 bridgehead atoms. The third-order valence-electron chi connectivity index (χ3n) is 0.857. The van der Waals surface area contributed by atoms with Crippen molar-refractivity contribution in [1.82, 2.24) is 5.32 Å². The highest BCUT2D eigenvalue weighted by Gasteiger charge is 2.13. The minimum absolute atomic E-state index is 0.352. The van der Waals surface area contributed by atoms with Crippen LogP contribution in [-0.4, -0.2) is 25.8 Å². The summed E-state index contributed by atoms with van der Waals surface area (Å²) < 4.78 is 19.9. The van der Waals surface area contributed by atoms with Gasteiger partial charge in [0.1, 0.15) is 4.71 Å². The lowest BCUT2D eigenvalue weighted by atomic mass is 10.8. The fraction of sp³-hybridized carbons (Fsp3) is 1.00. The van der Waals surface area contributed by atoms with E-state index >= 15 is 0 Å². The van der Waals surface area contributed by atoms with Gasteiger partial charge in [-0.1, -0.05) is 0 Å². The van der Waals surface area contributed by atoms with Gasteiger partial charge in [-0.2, -0.15) is 0 Å². The summed E-state index contributed by atoms with van der Waals surface area (Å²) in [6.45, 7) is 0.809. The number of rotatable bonds is 1. The second-order valence-corrected chi connectivity index (χ2v) is 3.92. The molecule has 2 unspecified atom stereocenters. The van der Waals surface area contributed by atoms with E-state index < -0.39 is 11.1 Å². The average Bonchev–Trinajstić information content (AvgIpc) is 2.12. The van der Waals surface area contributed by atoms with Gasteiger partial charge in [0.2, 0.25) is 0 Å². The van der Waals surface area contributed by atoms with Crippen LogP contribution in [0.15, 0.2) is 0 Å². The lowest BCUT2D eigenvalue weighted by Gasteiger charge is -2.10. The molecule has 1 aliphatic rings. The molecule has 2 atom stereocenters. The molecule has 1 heterocycles. The van der Waals surface area contributed by atoms with Gasteiger partial charge in [-0.15, -0.1) is 11.8 Å². The quantitative estimate of drug-likeness (QED) is 0.514. The van der Waals surface area contributed by atoms with Gasteiger partial charge in [0.25, 0.3) is 0 Å². The third-order valence-corrected chi connectivity index (χ3v) is 3.16. The van der Waals surface area contributed by atoms with Crippen LogP contribution in [0, 0.1) is 0 Å². The molecule has 1 saturated heterocycles. The summed E-state index contributed by atoms with van der Waals surface area (Å²) in [6.07, 6.45) is 0. The molecule has 1 aliphatic heterocycles. The van der Waals surface area contributed by atoms with Crippen molar-refractivity contribution in [3.05, 3.63) is 0 Å². The smallest absolute Gasteiger partial charge is 0.117 e. The molecule has 0 aliphatic carbocycles.